The molecule has 0 radical (unpaired) electrons. The maximum atomic E-state index is 5.45. The van der Waals surface area contributed by atoms with E-state index in [0.717, 1.165) is 13.1 Å². The molecular formula is C6H11NOS. The number of morpholine rings is 1. The van der Waals surface area contributed by atoms with Crippen molar-refractivity contribution in [3.8, 4) is 0 Å². The van der Waals surface area contributed by atoms with Crippen molar-refractivity contribution >= 4 is 11.9 Å². The Morgan fingerprint density at radius 1 is 1.44 bits per heavy atom. The Bertz CT molecular complexity index is 104. The summed E-state index contributed by atoms with van der Waals surface area (Å²) in [5.41, 5.74) is 0. The summed E-state index contributed by atoms with van der Waals surface area (Å²) in [6, 6.07) is 0. The Morgan fingerprint density at radius 2 is 2.00 bits per heavy atom. The van der Waals surface area contributed by atoms with Gasteiger partial charge in [-0.15, -0.1) is 0 Å². The van der Waals surface area contributed by atoms with Crippen LogP contribution in [0.25, 0.3) is 0 Å². The highest BCUT2D eigenvalue weighted by Crippen LogP contribution is 2.30. The first-order valence-electron chi connectivity index (χ1n) is 3.33. The van der Waals surface area contributed by atoms with Crippen LogP contribution in [0.15, 0.2) is 0 Å². The molecule has 0 aromatic carbocycles. The lowest BCUT2D eigenvalue weighted by Crippen LogP contribution is -2.54. The second-order valence-corrected chi connectivity index (χ2v) is 3.53. The lowest BCUT2D eigenvalue weighted by atomic mass is 10.0. The van der Waals surface area contributed by atoms with Gasteiger partial charge in [-0.2, -0.15) is 0 Å². The maximum absolute atomic E-state index is 5.45. The van der Waals surface area contributed by atoms with Crippen LogP contribution < -0.4 is 0 Å². The number of fused-ring (bicyclic) bond motifs is 2. The molecule has 3 aliphatic rings. The molecule has 0 spiro atoms. The van der Waals surface area contributed by atoms with Crippen molar-refractivity contribution in [2.45, 2.75) is 18.6 Å². The van der Waals surface area contributed by atoms with Crippen LogP contribution in [0, 0.1) is 0 Å². The van der Waals surface area contributed by atoms with Crippen LogP contribution in [0.4, 0.5) is 0 Å². The monoisotopic (exact) mass is 145 g/mol. The number of ether oxygens (including phenoxy) is 1. The molecule has 0 saturated carbocycles. The lowest BCUT2D eigenvalue weighted by molar-refractivity contribution is -0.162. The minimum atomic E-state index is 0.566. The molecule has 3 heteroatoms. The fourth-order valence-corrected chi connectivity index (χ4v) is 2.10. The summed E-state index contributed by atoms with van der Waals surface area (Å²) in [5.74, 6) is 0. The third kappa shape index (κ3) is 0.974. The van der Waals surface area contributed by atoms with Gasteiger partial charge in [0.25, 0.3) is 0 Å². The van der Waals surface area contributed by atoms with E-state index in [9.17, 15) is 0 Å². The zero-order chi connectivity index (χ0) is 6.27. The highest BCUT2D eigenvalue weighted by Gasteiger charge is 2.37. The Balaban J connectivity index is 1.89. The van der Waals surface area contributed by atoms with Crippen molar-refractivity contribution in [3.63, 3.8) is 0 Å². The largest absolute Gasteiger partial charge is 0.372 e. The SMILES string of the molecule is CSN1CC2CC(C1)O2. The molecule has 0 aliphatic carbocycles. The molecule has 0 amide bonds. The van der Waals surface area contributed by atoms with Crippen LogP contribution in [0.2, 0.25) is 0 Å². The third-order valence-corrected chi connectivity index (χ3v) is 2.80. The van der Waals surface area contributed by atoms with E-state index in [1.807, 2.05) is 11.9 Å². The van der Waals surface area contributed by atoms with E-state index in [1.165, 1.54) is 6.42 Å². The number of hydrogen-bond acceptors (Lipinski definition) is 3. The van der Waals surface area contributed by atoms with Crippen molar-refractivity contribution < 1.29 is 4.74 Å². The molecular weight excluding hydrogens is 134 g/mol. The summed E-state index contributed by atoms with van der Waals surface area (Å²) in [5, 5.41) is 0. The van der Waals surface area contributed by atoms with E-state index in [0.29, 0.717) is 12.2 Å². The topological polar surface area (TPSA) is 12.5 Å². The van der Waals surface area contributed by atoms with Crippen LogP contribution in [0.3, 0.4) is 0 Å². The number of nitrogens with zero attached hydrogens (tertiary/aromatic N) is 1. The Morgan fingerprint density at radius 3 is 2.33 bits per heavy atom. The minimum absolute atomic E-state index is 0.566. The van der Waals surface area contributed by atoms with Crippen LogP contribution >= 0.6 is 11.9 Å². The minimum Gasteiger partial charge on any atom is -0.372 e. The first kappa shape index (κ1) is 6.01. The first-order valence-corrected chi connectivity index (χ1v) is 4.51. The molecule has 0 N–H and O–H groups in total. The van der Waals surface area contributed by atoms with Crippen molar-refractivity contribution in [2.75, 3.05) is 19.3 Å². The van der Waals surface area contributed by atoms with E-state index in [1.54, 1.807) is 0 Å². The summed E-state index contributed by atoms with van der Waals surface area (Å²) in [6.45, 7) is 2.27. The Hall–Kier alpha value is 0.270. The maximum Gasteiger partial charge on any atom is 0.0741 e. The smallest absolute Gasteiger partial charge is 0.0741 e. The molecule has 2 unspecified atom stereocenters. The molecule has 3 aliphatic heterocycles. The van der Waals surface area contributed by atoms with Crippen LogP contribution in [-0.4, -0.2) is 35.9 Å². The standard InChI is InChI=1S/C6H11NOS/c1-9-7-3-5-2-6(4-7)8-5/h5-6H,2-4H2,1H3. The van der Waals surface area contributed by atoms with Crippen molar-refractivity contribution in [1.82, 2.24) is 4.31 Å². The highest BCUT2D eigenvalue weighted by atomic mass is 32.2. The van der Waals surface area contributed by atoms with Gasteiger partial charge in [0.1, 0.15) is 0 Å². The highest BCUT2D eigenvalue weighted by molar-refractivity contribution is 7.96. The second kappa shape index (κ2) is 2.15. The van der Waals surface area contributed by atoms with Gasteiger partial charge in [0.05, 0.1) is 12.2 Å². The van der Waals surface area contributed by atoms with Gasteiger partial charge in [0, 0.05) is 19.5 Å². The zero-order valence-corrected chi connectivity index (χ0v) is 6.36. The van der Waals surface area contributed by atoms with E-state index < -0.39 is 0 Å². The van der Waals surface area contributed by atoms with Crippen molar-refractivity contribution in [3.05, 3.63) is 0 Å². The Kier molecular flexibility index (Phi) is 1.43. The third-order valence-electron chi connectivity index (χ3n) is 1.98. The van der Waals surface area contributed by atoms with Gasteiger partial charge in [-0.3, -0.25) is 0 Å². The quantitative estimate of drug-likeness (QED) is 0.505. The molecule has 2 bridgehead atoms. The predicted molar refractivity (Wildman–Crippen MR) is 38.4 cm³/mol. The average molecular weight is 145 g/mol. The van der Waals surface area contributed by atoms with E-state index in [2.05, 4.69) is 10.6 Å². The normalized spacial score (nSPS) is 42.3. The number of piperidine rings is 1. The molecule has 3 heterocycles. The van der Waals surface area contributed by atoms with E-state index >= 15 is 0 Å². The van der Waals surface area contributed by atoms with Gasteiger partial charge in [-0.1, -0.05) is 11.9 Å². The first-order chi connectivity index (χ1) is 4.38. The van der Waals surface area contributed by atoms with Gasteiger partial charge in [0.15, 0.2) is 0 Å². The van der Waals surface area contributed by atoms with Gasteiger partial charge in [0.2, 0.25) is 0 Å². The fourth-order valence-electron chi connectivity index (χ4n) is 1.47. The van der Waals surface area contributed by atoms with Crippen LogP contribution in [-0.2, 0) is 4.74 Å². The molecule has 3 saturated heterocycles. The molecule has 0 aromatic heterocycles. The van der Waals surface area contributed by atoms with Gasteiger partial charge >= 0.3 is 0 Å². The van der Waals surface area contributed by atoms with Crippen LogP contribution in [0.5, 0.6) is 0 Å². The van der Waals surface area contributed by atoms with Crippen molar-refractivity contribution in [2.24, 2.45) is 0 Å². The van der Waals surface area contributed by atoms with Gasteiger partial charge < -0.3 is 4.74 Å². The number of rotatable bonds is 1. The van der Waals surface area contributed by atoms with E-state index in [4.69, 9.17) is 4.74 Å². The lowest BCUT2D eigenvalue weighted by Gasteiger charge is -2.46. The van der Waals surface area contributed by atoms with Gasteiger partial charge in [-0.05, 0) is 6.26 Å². The molecule has 3 fully saturated rings. The zero-order valence-electron chi connectivity index (χ0n) is 5.54. The molecule has 52 valence electrons. The molecule has 9 heavy (non-hydrogen) atoms. The summed E-state index contributed by atoms with van der Waals surface area (Å²) in [7, 11) is 0. The molecule has 2 nitrogen and oxygen atoms in total. The van der Waals surface area contributed by atoms with Crippen molar-refractivity contribution in [1.29, 1.82) is 0 Å². The van der Waals surface area contributed by atoms with Crippen LogP contribution in [0.1, 0.15) is 6.42 Å². The molecule has 0 aromatic rings. The number of hydrogen-bond donors (Lipinski definition) is 0. The molecule has 2 atom stereocenters. The average Bonchev–Trinajstić information content (AvgIpc) is 1.87. The fraction of sp³-hybridized carbons (Fsp3) is 1.00. The molecule has 3 rings (SSSR count). The summed E-state index contributed by atoms with van der Waals surface area (Å²) in [4.78, 5) is 0. The summed E-state index contributed by atoms with van der Waals surface area (Å²) in [6.07, 6.45) is 4.56. The van der Waals surface area contributed by atoms with Gasteiger partial charge in [-0.25, -0.2) is 4.31 Å². The Labute approximate surface area is 59.7 Å². The van der Waals surface area contributed by atoms with E-state index in [-0.39, 0.29) is 0 Å². The predicted octanol–water partition coefficient (Wildman–Crippen LogP) is 0.738. The summed E-state index contributed by atoms with van der Waals surface area (Å²) >= 11 is 1.83. The second-order valence-electron chi connectivity index (χ2n) is 2.65. The summed E-state index contributed by atoms with van der Waals surface area (Å²) < 4.78 is 7.83.